The number of carbonyl (C=O) groups is 3. The second-order valence-electron chi connectivity index (χ2n) is 7.07. The molecule has 7 nitrogen and oxygen atoms in total. The molecule has 4 rings (SSSR count). The van der Waals surface area contributed by atoms with Gasteiger partial charge in [0, 0.05) is 0 Å². The summed E-state index contributed by atoms with van der Waals surface area (Å²) in [7, 11) is 0. The molecule has 2 saturated heterocycles. The Bertz CT molecular complexity index is 1070. The fourth-order valence-electron chi connectivity index (χ4n) is 3.98. The summed E-state index contributed by atoms with van der Waals surface area (Å²) in [6.45, 7) is 2.37. The van der Waals surface area contributed by atoms with E-state index in [0.29, 0.717) is 0 Å². The number of benzene rings is 2. The summed E-state index contributed by atoms with van der Waals surface area (Å²) in [4.78, 5) is 39.9. The number of morpholine rings is 1. The van der Waals surface area contributed by atoms with Gasteiger partial charge >= 0.3 is 0 Å². The Morgan fingerprint density at radius 2 is 1.66 bits per heavy atom. The van der Waals surface area contributed by atoms with Gasteiger partial charge in [0.05, 0.1) is 21.4 Å². The first-order valence-electron chi connectivity index (χ1n) is 8.70. The Hall–Kier alpha value is -2.45. The number of ether oxygens (including phenoxy) is 1. The Kier molecular flexibility index (Phi) is 4.29. The van der Waals surface area contributed by atoms with Crippen molar-refractivity contribution in [2.45, 2.75) is 30.8 Å². The molecule has 0 unspecified atom stereocenters. The van der Waals surface area contributed by atoms with Crippen LogP contribution in [0.5, 0.6) is 0 Å². The summed E-state index contributed by atoms with van der Waals surface area (Å²) in [5.74, 6) is -2.43. The number of rotatable bonds is 4. The van der Waals surface area contributed by atoms with Crippen molar-refractivity contribution in [3.8, 4) is 0 Å². The maximum absolute atomic E-state index is 13.3. The number of hydrogen-bond acceptors (Lipinski definition) is 5. The summed E-state index contributed by atoms with van der Waals surface area (Å²) in [6, 6.07) is 12.7. The molecule has 29 heavy (non-hydrogen) atoms. The van der Waals surface area contributed by atoms with E-state index in [9.17, 15) is 19.5 Å². The zero-order valence-electron chi connectivity index (χ0n) is 15.4. The summed E-state index contributed by atoms with van der Waals surface area (Å²) in [5, 5.41) is 14.3. The topological polar surface area (TPSA) is 99.2 Å². The lowest BCUT2D eigenvalue weighted by molar-refractivity contribution is -0.136. The van der Waals surface area contributed by atoms with E-state index in [1.54, 1.807) is 36.4 Å². The molecule has 2 aromatic rings. The van der Waals surface area contributed by atoms with E-state index in [2.05, 4.69) is 5.32 Å². The average molecular weight is 435 g/mol. The number of fused-ring (bicyclic) bond motifs is 1. The molecule has 2 aliphatic rings. The van der Waals surface area contributed by atoms with Crippen molar-refractivity contribution in [2.24, 2.45) is 0 Å². The van der Waals surface area contributed by atoms with Gasteiger partial charge in [0.2, 0.25) is 11.2 Å². The van der Waals surface area contributed by atoms with Gasteiger partial charge in [-0.2, -0.15) is 0 Å². The highest BCUT2D eigenvalue weighted by Gasteiger charge is 2.95. The minimum absolute atomic E-state index is 0.158. The van der Waals surface area contributed by atoms with Crippen molar-refractivity contribution in [3.63, 3.8) is 0 Å². The molecule has 0 radical (unpaired) electrons. The lowest BCUT2D eigenvalue weighted by Gasteiger charge is -2.35. The van der Waals surface area contributed by atoms with Gasteiger partial charge in [-0.25, -0.2) is 0 Å². The fourth-order valence-corrected chi connectivity index (χ4v) is 4.39. The second kappa shape index (κ2) is 6.27. The molecule has 0 saturated carbocycles. The highest BCUT2D eigenvalue weighted by atomic mass is 35.5. The number of carbonyl (C=O) groups excluding carboxylic acids is 3. The molecule has 0 aromatic heterocycles. The van der Waals surface area contributed by atoms with Gasteiger partial charge in [0.1, 0.15) is 0 Å². The molecule has 0 aliphatic carbocycles. The van der Waals surface area contributed by atoms with Crippen molar-refractivity contribution >= 4 is 52.2 Å². The number of epoxide rings is 1. The predicted octanol–water partition coefficient (Wildman–Crippen LogP) is 2.78. The summed E-state index contributed by atoms with van der Waals surface area (Å²) in [5.41, 5.74) is -6.11. The third-order valence-corrected chi connectivity index (χ3v) is 6.05. The third-order valence-electron chi connectivity index (χ3n) is 5.40. The summed E-state index contributed by atoms with van der Waals surface area (Å²) < 4.78 is 5.49. The molecule has 3 atom stereocenters. The average Bonchev–Trinajstić information content (AvgIpc) is 3.36. The van der Waals surface area contributed by atoms with E-state index < -0.39 is 34.5 Å². The smallest absolute Gasteiger partial charge is 0.273 e. The number of amides is 2. The third kappa shape index (κ3) is 2.36. The number of nitrogens with zero attached hydrogens (tertiary/aromatic N) is 1. The van der Waals surface area contributed by atoms with Gasteiger partial charge in [-0.05, 0) is 38.1 Å². The van der Waals surface area contributed by atoms with Crippen molar-refractivity contribution in [1.29, 1.82) is 0 Å². The van der Waals surface area contributed by atoms with E-state index >= 15 is 0 Å². The monoisotopic (exact) mass is 434 g/mol. The number of nitrogens with one attached hydrogen (secondary N) is 1. The molecule has 2 aliphatic heterocycles. The van der Waals surface area contributed by atoms with Gasteiger partial charge in [0.25, 0.3) is 11.8 Å². The lowest BCUT2D eigenvalue weighted by Crippen LogP contribution is -2.58. The first kappa shape index (κ1) is 19.8. The highest BCUT2D eigenvalue weighted by Crippen LogP contribution is 2.64. The normalized spacial score (nSPS) is 30.1. The molecular weight excluding hydrogens is 419 g/mol. The van der Waals surface area contributed by atoms with Crippen LogP contribution in [0.25, 0.3) is 0 Å². The Balaban J connectivity index is 1.83. The molecule has 2 fully saturated rings. The van der Waals surface area contributed by atoms with Gasteiger partial charge in [-0.3, -0.25) is 19.3 Å². The Labute approximate surface area is 176 Å². The summed E-state index contributed by atoms with van der Waals surface area (Å²) >= 11 is 12.3. The maximum Gasteiger partial charge on any atom is 0.273 e. The van der Waals surface area contributed by atoms with Gasteiger partial charge in [0.15, 0.2) is 11.5 Å². The zero-order chi connectivity index (χ0) is 21.2. The predicted molar refractivity (Wildman–Crippen MR) is 107 cm³/mol. The van der Waals surface area contributed by atoms with Crippen molar-refractivity contribution in [1.82, 2.24) is 0 Å². The molecular formula is C20H16Cl2N2O5. The van der Waals surface area contributed by atoms with Crippen molar-refractivity contribution < 1.29 is 24.2 Å². The van der Waals surface area contributed by atoms with Crippen LogP contribution in [0.15, 0.2) is 48.5 Å². The van der Waals surface area contributed by atoms with Crippen LogP contribution in [0.4, 0.5) is 11.4 Å². The molecule has 150 valence electrons. The number of Topliss-reactive ketones (excluding diaryl/α,β-unsaturated/α-hetero) is 1. The highest BCUT2D eigenvalue weighted by molar-refractivity contribution is 6.36. The number of ketones is 1. The Morgan fingerprint density at radius 3 is 2.24 bits per heavy atom. The van der Waals surface area contributed by atoms with E-state index in [-0.39, 0.29) is 21.4 Å². The number of hydrogen-bond donors (Lipinski definition) is 2. The van der Waals surface area contributed by atoms with E-state index in [4.69, 9.17) is 27.9 Å². The molecule has 2 N–H and O–H groups in total. The zero-order valence-corrected chi connectivity index (χ0v) is 16.9. The van der Waals surface area contributed by atoms with Crippen LogP contribution < -0.4 is 10.2 Å². The van der Waals surface area contributed by atoms with Crippen LogP contribution in [0, 0.1) is 0 Å². The molecule has 2 amide bonds. The van der Waals surface area contributed by atoms with Crippen LogP contribution in [0.2, 0.25) is 10.0 Å². The van der Waals surface area contributed by atoms with Crippen LogP contribution >= 0.6 is 23.2 Å². The molecule has 0 spiro atoms. The quantitative estimate of drug-likeness (QED) is 0.569. The maximum atomic E-state index is 13.3. The Morgan fingerprint density at radius 1 is 1.07 bits per heavy atom. The number of anilines is 2. The number of para-hydroxylation sites is 2. The molecule has 2 heterocycles. The standard InChI is InChI=1S/C20H16Cl2N2O5/c1-11(25)19-17(27)24(15-10-6-4-8-13(15)22)18(2,28)20(19,29-19)16(26)23-14-9-5-3-7-12(14)21/h3-10,28H,1-2H3,(H,23,26)/t18-,19+,20-/m1/s1. The molecule has 9 heteroatoms. The first-order chi connectivity index (χ1) is 13.6. The number of halogens is 2. The van der Waals surface area contributed by atoms with Gasteiger partial charge < -0.3 is 15.2 Å². The van der Waals surface area contributed by atoms with E-state index in [1.165, 1.54) is 19.1 Å². The minimum atomic E-state index is -2.20. The van der Waals surface area contributed by atoms with E-state index in [0.717, 1.165) is 11.8 Å². The van der Waals surface area contributed by atoms with Crippen LogP contribution in [0.1, 0.15) is 13.8 Å². The van der Waals surface area contributed by atoms with Crippen LogP contribution in [-0.2, 0) is 19.1 Å². The van der Waals surface area contributed by atoms with E-state index in [1.807, 2.05) is 0 Å². The lowest BCUT2D eigenvalue weighted by atomic mass is 9.85. The fraction of sp³-hybridized carbons (Fsp3) is 0.250. The molecule has 0 bridgehead atoms. The van der Waals surface area contributed by atoms with Gasteiger partial charge in [-0.1, -0.05) is 47.5 Å². The van der Waals surface area contributed by atoms with Crippen molar-refractivity contribution in [3.05, 3.63) is 58.6 Å². The minimum Gasteiger partial charge on any atom is -0.367 e. The van der Waals surface area contributed by atoms with Gasteiger partial charge in [-0.15, -0.1) is 0 Å². The number of aliphatic hydroxyl groups is 1. The summed E-state index contributed by atoms with van der Waals surface area (Å²) in [6.07, 6.45) is 0. The molecule has 2 aromatic carbocycles. The van der Waals surface area contributed by atoms with Crippen LogP contribution in [0.3, 0.4) is 0 Å². The second-order valence-corrected chi connectivity index (χ2v) is 7.88. The first-order valence-corrected chi connectivity index (χ1v) is 9.45. The van der Waals surface area contributed by atoms with Crippen molar-refractivity contribution in [2.75, 3.05) is 10.2 Å². The SMILES string of the molecule is CC(=O)[C@@]12O[C@]1(C(=O)Nc1ccccc1Cl)[C@@](C)(O)N(c1ccccc1Cl)C2=O. The van der Waals surface area contributed by atoms with Crippen LogP contribution in [-0.4, -0.2) is 39.6 Å². The largest absolute Gasteiger partial charge is 0.367 e.